The van der Waals surface area contributed by atoms with Crippen LogP contribution in [0.25, 0.3) is 0 Å². The molecule has 0 spiro atoms. The van der Waals surface area contributed by atoms with E-state index in [0.29, 0.717) is 24.8 Å². The van der Waals surface area contributed by atoms with E-state index in [1.54, 1.807) is 35.4 Å². The van der Waals surface area contributed by atoms with Crippen molar-refractivity contribution in [1.29, 1.82) is 0 Å². The summed E-state index contributed by atoms with van der Waals surface area (Å²) < 4.78 is 11.0. The lowest BCUT2D eigenvalue weighted by Gasteiger charge is -2.32. The van der Waals surface area contributed by atoms with Crippen molar-refractivity contribution in [3.8, 4) is 0 Å². The van der Waals surface area contributed by atoms with Crippen LogP contribution in [-0.4, -0.2) is 76.6 Å². The second-order valence-corrected chi connectivity index (χ2v) is 13.6. The number of fused-ring (bicyclic) bond motifs is 1. The van der Waals surface area contributed by atoms with Gasteiger partial charge in [-0.15, -0.1) is 0 Å². The van der Waals surface area contributed by atoms with E-state index in [4.69, 9.17) is 9.47 Å². The molecule has 4 N–H and O–H groups in total. The monoisotopic (exact) mass is 624 g/mol. The van der Waals surface area contributed by atoms with Gasteiger partial charge in [-0.05, 0) is 45.4 Å². The van der Waals surface area contributed by atoms with Crippen molar-refractivity contribution in [2.75, 3.05) is 13.2 Å². The molecule has 3 heterocycles. The zero-order valence-electron chi connectivity index (χ0n) is 24.6. The van der Waals surface area contributed by atoms with Gasteiger partial charge in [0.2, 0.25) is 11.8 Å². The van der Waals surface area contributed by atoms with Crippen molar-refractivity contribution in [2.24, 2.45) is 11.8 Å². The number of aliphatic hydroxyl groups excluding tert-OH is 2. The Morgan fingerprint density at radius 1 is 1.21 bits per heavy atom. The molecule has 2 unspecified atom stereocenters. The van der Waals surface area contributed by atoms with Crippen LogP contribution in [0.5, 0.6) is 0 Å². The number of rotatable bonds is 16. The van der Waals surface area contributed by atoms with Crippen molar-refractivity contribution < 1.29 is 38.9 Å². The van der Waals surface area contributed by atoms with Gasteiger partial charge in [-0.3, -0.25) is 14.4 Å². The maximum atomic E-state index is 12.6. The number of Topliss-reactive ketones (excluding diaryl/α,β-unsaturated/α-hetero) is 1. The van der Waals surface area contributed by atoms with Gasteiger partial charge < -0.3 is 30.3 Å². The van der Waals surface area contributed by atoms with Gasteiger partial charge in [0.05, 0.1) is 30.7 Å². The Bertz CT molecular complexity index is 1060. The predicted molar refractivity (Wildman–Crippen MR) is 163 cm³/mol. The number of unbranched alkanes of at least 4 members (excludes halogenated alkanes) is 4. The molecule has 0 aromatic heterocycles. The summed E-state index contributed by atoms with van der Waals surface area (Å²) in [6, 6.07) is -0.504. The number of hydrogen-bond acceptors (Lipinski definition) is 10. The number of aliphatic hydroxyl groups is 2. The number of allylic oxidation sites excluding steroid dienone is 1. The maximum Gasteiger partial charge on any atom is 0.330 e. The van der Waals surface area contributed by atoms with Crippen LogP contribution in [0.3, 0.4) is 0 Å². The fourth-order valence-corrected chi connectivity index (χ4v) is 7.44. The lowest BCUT2D eigenvalue weighted by atomic mass is 9.89. The quantitative estimate of drug-likeness (QED) is 0.0662. The van der Waals surface area contributed by atoms with Crippen molar-refractivity contribution in [3.05, 3.63) is 34.9 Å². The van der Waals surface area contributed by atoms with Gasteiger partial charge in [0.1, 0.15) is 12.1 Å². The number of ketones is 1. The molecule has 2 fully saturated rings. The standard InChI is InChI=1S/C30H44N2O8S2/c1-18(14-23-28(37)27(36)21(16-40-23)11-9-10-19(2)20(3)33)15-25(35)39-13-8-6-4-5-7-12-24(34)32-26-29-22(17-41-42-29)31-30(26)38/h9-10,15,17,19-21,23,26,28-29,33,37H,4-8,11-14,16H2,1-3H3,(H,31,38)(H,32,34)/b10-9+,18-15+/t19-,20+,21-,23+,26?,28+,29?/m1/s1. The first-order valence-corrected chi connectivity index (χ1v) is 17.0. The smallest absolute Gasteiger partial charge is 0.330 e. The van der Waals surface area contributed by atoms with Crippen LogP contribution in [0.15, 0.2) is 34.9 Å². The Hall–Kier alpha value is -2.12. The Labute approximate surface area is 255 Å². The average Bonchev–Trinajstić information content (AvgIpc) is 3.50. The summed E-state index contributed by atoms with van der Waals surface area (Å²) >= 11 is 0. The molecule has 0 aromatic rings. The van der Waals surface area contributed by atoms with Crippen LogP contribution in [0.4, 0.5) is 0 Å². The highest BCUT2D eigenvalue weighted by atomic mass is 33.1. The summed E-state index contributed by atoms with van der Waals surface area (Å²) in [7, 11) is 3.14. The van der Waals surface area contributed by atoms with Crippen molar-refractivity contribution in [3.63, 3.8) is 0 Å². The van der Waals surface area contributed by atoms with Gasteiger partial charge in [-0.1, -0.05) is 65.5 Å². The molecular formula is C30H44N2O8S2. The molecule has 3 aliphatic rings. The highest BCUT2D eigenvalue weighted by molar-refractivity contribution is 8.78. The zero-order chi connectivity index (χ0) is 30.6. The van der Waals surface area contributed by atoms with Crippen molar-refractivity contribution >= 4 is 45.2 Å². The third-order valence-corrected chi connectivity index (χ3v) is 10.1. The van der Waals surface area contributed by atoms with Crippen LogP contribution in [0, 0.1) is 11.8 Å². The summed E-state index contributed by atoms with van der Waals surface area (Å²) in [5.74, 6) is -1.46. The Kier molecular flexibility index (Phi) is 14.1. The van der Waals surface area contributed by atoms with E-state index in [1.807, 2.05) is 24.5 Å². The fraction of sp³-hybridized carbons (Fsp3) is 0.667. The molecule has 0 saturated carbocycles. The minimum absolute atomic E-state index is 0.0225. The molecule has 10 nitrogen and oxygen atoms in total. The van der Waals surface area contributed by atoms with Crippen molar-refractivity contribution in [2.45, 2.75) is 102 Å². The molecule has 234 valence electrons. The zero-order valence-corrected chi connectivity index (χ0v) is 26.2. The molecule has 2 saturated heterocycles. The fourth-order valence-electron chi connectivity index (χ4n) is 4.86. The number of amides is 2. The summed E-state index contributed by atoms with van der Waals surface area (Å²) in [5.41, 5.74) is 1.53. The third kappa shape index (κ3) is 10.6. The molecule has 0 aromatic carbocycles. The molecule has 7 atom stereocenters. The van der Waals surface area contributed by atoms with E-state index in [1.165, 1.54) is 6.08 Å². The molecular weight excluding hydrogens is 580 g/mol. The summed E-state index contributed by atoms with van der Waals surface area (Å²) in [4.78, 5) is 49.1. The normalized spacial score (nSPS) is 27.4. The summed E-state index contributed by atoms with van der Waals surface area (Å²) in [6.45, 7) is 5.82. The van der Waals surface area contributed by atoms with Crippen LogP contribution in [-0.2, 0) is 28.7 Å². The van der Waals surface area contributed by atoms with Crippen molar-refractivity contribution in [1.82, 2.24) is 10.6 Å². The van der Waals surface area contributed by atoms with Crippen LogP contribution in [0.2, 0.25) is 0 Å². The van der Waals surface area contributed by atoms with Gasteiger partial charge >= 0.3 is 5.97 Å². The first-order chi connectivity index (χ1) is 20.1. The van der Waals surface area contributed by atoms with E-state index in [2.05, 4.69) is 10.6 Å². The number of esters is 1. The molecule has 12 heteroatoms. The van der Waals surface area contributed by atoms with Gasteiger partial charge in [0.15, 0.2) is 5.78 Å². The molecule has 0 bridgehead atoms. The van der Waals surface area contributed by atoms with Crippen LogP contribution < -0.4 is 10.6 Å². The van der Waals surface area contributed by atoms with Crippen LogP contribution >= 0.6 is 21.6 Å². The van der Waals surface area contributed by atoms with Gasteiger partial charge in [0, 0.05) is 29.5 Å². The average molecular weight is 625 g/mol. The second kappa shape index (κ2) is 17.2. The minimum Gasteiger partial charge on any atom is -0.463 e. The van der Waals surface area contributed by atoms with Gasteiger partial charge in [0.25, 0.3) is 0 Å². The van der Waals surface area contributed by atoms with Crippen LogP contribution in [0.1, 0.15) is 72.1 Å². The number of ether oxygens (including phenoxy) is 2. The first-order valence-electron chi connectivity index (χ1n) is 14.7. The lowest BCUT2D eigenvalue weighted by molar-refractivity contribution is -0.155. The summed E-state index contributed by atoms with van der Waals surface area (Å²) in [5, 5.41) is 27.6. The first kappa shape index (κ1) is 34.4. The SMILES string of the molecule is C/C(=C\C(=O)OCCCCCCCC(=O)NC1C(=O)NC2=CSSC21)C[C@@H]1OC[C@@H](C/C=C/[C@@H](C)[C@H](C)O)C(=O)[C@H]1O. The predicted octanol–water partition coefficient (Wildman–Crippen LogP) is 3.33. The van der Waals surface area contributed by atoms with E-state index in [9.17, 15) is 29.4 Å². The Morgan fingerprint density at radius 2 is 1.95 bits per heavy atom. The number of carbonyl (C=O) groups excluding carboxylic acids is 4. The number of nitrogens with one attached hydrogen (secondary N) is 2. The second-order valence-electron chi connectivity index (χ2n) is 11.3. The number of carbonyl (C=O) groups is 4. The molecule has 0 radical (unpaired) electrons. The largest absolute Gasteiger partial charge is 0.463 e. The highest BCUT2D eigenvalue weighted by Gasteiger charge is 2.42. The Balaban J connectivity index is 1.23. The summed E-state index contributed by atoms with van der Waals surface area (Å²) in [6.07, 6.45) is 7.79. The van der Waals surface area contributed by atoms with Gasteiger partial charge in [-0.2, -0.15) is 0 Å². The number of hydrogen-bond donors (Lipinski definition) is 4. The Morgan fingerprint density at radius 3 is 2.71 bits per heavy atom. The highest BCUT2D eigenvalue weighted by Crippen LogP contribution is 2.43. The van der Waals surface area contributed by atoms with E-state index in [0.717, 1.165) is 31.4 Å². The lowest BCUT2D eigenvalue weighted by Crippen LogP contribution is -2.46. The molecule has 2 amide bonds. The van der Waals surface area contributed by atoms with Gasteiger partial charge in [-0.25, -0.2) is 4.79 Å². The third-order valence-electron chi connectivity index (χ3n) is 7.67. The minimum atomic E-state index is -1.26. The van der Waals surface area contributed by atoms with E-state index in [-0.39, 0.29) is 48.4 Å². The topological polar surface area (TPSA) is 151 Å². The molecule has 42 heavy (non-hydrogen) atoms. The maximum absolute atomic E-state index is 12.6. The molecule has 3 rings (SSSR count). The molecule has 3 aliphatic heterocycles. The molecule has 0 aliphatic carbocycles. The van der Waals surface area contributed by atoms with E-state index >= 15 is 0 Å². The van der Waals surface area contributed by atoms with E-state index < -0.39 is 36.2 Å².